The molecule has 5 heteroatoms. The van der Waals surface area contributed by atoms with Crippen LogP contribution in [0.4, 0.5) is 5.69 Å². The van der Waals surface area contributed by atoms with Crippen LogP contribution in [-0.2, 0) is 0 Å². The second kappa shape index (κ2) is 3.58. The molecule has 0 radical (unpaired) electrons. The number of nitrogens with zero attached hydrogens (tertiary/aromatic N) is 2. The highest BCUT2D eigenvalue weighted by Gasteiger charge is 2.11. The minimum Gasteiger partial charge on any atom is -0.258 e. The lowest BCUT2D eigenvalue weighted by Gasteiger charge is -1.94. The quantitative estimate of drug-likeness (QED) is 0.578. The highest BCUT2D eigenvalue weighted by molar-refractivity contribution is 7.18. The van der Waals surface area contributed by atoms with Gasteiger partial charge < -0.3 is 0 Å². The molecular formula is C10H10N2O2S. The molecule has 0 saturated carbocycles. The van der Waals surface area contributed by atoms with Crippen LogP contribution < -0.4 is 0 Å². The number of nitro benzene ring substituents is 1. The Hall–Kier alpha value is -1.49. The van der Waals surface area contributed by atoms with Crippen LogP contribution in [0.3, 0.4) is 0 Å². The molecule has 0 fully saturated rings. The number of benzene rings is 1. The molecule has 2 aromatic rings. The number of hydrogen-bond acceptors (Lipinski definition) is 4. The Kier molecular flexibility index (Phi) is 2.40. The summed E-state index contributed by atoms with van der Waals surface area (Å²) in [7, 11) is 0. The van der Waals surface area contributed by atoms with Gasteiger partial charge in [0.25, 0.3) is 5.69 Å². The van der Waals surface area contributed by atoms with Gasteiger partial charge in [-0.15, -0.1) is 11.3 Å². The van der Waals surface area contributed by atoms with E-state index in [0.717, 1.165) is 15.2 Å². The minimum atomic E-state index is -0.381. The van der Waals surface area contributed by atoms with Crippen LogP contribution in [0, 0.1) is 10.1 Å². The Morgan fingerprint density at radius 1 is 1.47 bits per heavy atom. The van der Waals surface area contributed by atoms with Gasteiger partial charge in [-0.1, -0.05) is 13.8 Å². The Labute approximate surface area is 90.7 Å². The van der Waals surface area contributed by atoms with Crippen LogP contribution in [-0.4, -0.2) is 9.91 Å². The summed E-state index contributed by atoms with van der Waals surface area (Å²) in [6, 6.07) is 4.78. The molecular weight excluding hydrogens is 212 g/mol. The molecule has 1 aromatic carbocycles. The molecule has 0 spiro atoms. The monoisotopic (exact) mass is 222 g/mol. The van der Waals surface area contributed by atoms with Gasteiger partial charge in [0, 0.05) is 18.1 Å². The van der Waals surface area contributed by atoms with E-state index >= 15 is 0 Å². The molecule has 78 valence electrons. The van der Waals surface area contributed by atoms with E-state index in [1.54, 1.807) is 12.1 Å². The Bertz CT molecular complexity index is 519. The van der Waals surface area contributed by atoms with Gasteiger partial charge in [-0.2, -0.15) is 0 Å². The van der Waals surface area contributed by atoms with Crippen LogP contribution in [0.2, 0.25) is 0 Å². The fourth-order valence-corrected chi connectivity index (χ4v) is 2.29. The molecule has 0 N–H and O–H groups in total. The van der Waals surface area contributed by atoms with Crippen molar-refractivity contribution in [2.24, 2.45) is 0 Å². The van der Waals surface area contributed by atoms with E-state index in [1.165, 1.54) is 17.4 Å². The highest BCUT2D eigenvalue weighted by Crippen LogP contribution is 2.29. The van der Waals surface area contributed by atoms with Gasteiger partial charge in [-0.25, -0.2) is 4.98 Å². The number of rotatable bonds is 2. The largest absolute Gasteiger partial charge is 0.270 e. The second-order valence-corrected chi connectivity index (χ2v) is 4.68. The molecule has 0 bridgehead atoms. The van der Waals surface area contributed by atoms with Crippen molar-refractivity contribution < 1.29 is 4.92 Å². The average Bonchev–Trinajstić information content (AvgIpc) is 2.59. The fourth-order valence-electron chi connectivity index (χ4n) is 1.29. The first kappa shape index (κ1) is 10.0. The first-order valence-corrected chi connectivity index (χ1v) is 5.44. The van der Waals surface area contributed by atoms with E-state index in [9.17, 15) is 10.1 Å². The summed E-state index contributed by atoms with van der Waals surface area (Å²) in [5, 5.41) is 11.6. The van der Waals surface area contributed by atoms with Crippen molar-refractivity contribution in [3.63, 3.8) is 0 Å². The summed E-state index contributed by atoms with van der Waals surface area (Å²) in [4.78, 5) is 14.6. The van der Waals surface area contributed by atoms with Crippen LogP contribution in [0.15, 0.2) is 18.2 Å². The summed E-state index contributed by atoms with van der Waals surface area (Å²) in [5.74, 6) is 0.362. The lowest BCUT2D eigenvalue weighted by Crippen LogP contribution is -1.86. The standard InChI is InChI=1S/C10H10N2O2S/c1-6(2)10-11-8-4-3-7(12(13)14)5-9(8)15-10/h3-6H,1-2H3. The number of hydrogen-bond donors (Lipinski definition) is 0. The van der Waals surface area contributed by atoms with Gasteiger partial charge >= 0.3 is 0 Å². The van der Waals surface area contributed by atoms with E-state index in [0.29, 0.717) is 5.92 Å². The molecule has 1 heterocycles. The fraction of sp³-hybridized carbons (Fsp3) is 0.300. The maximum Gasteiger partial charge on any atom is 0.270 e. The molecule has 0 aliphatic rings. The van der Waals surface area contributed by atoms with Crippen molar-refractivity contribution in [2.45, 2.75) is 19.8 Å². The number of aromatic nitrogens is 1. The van der Waals surface area contributed by atoms with Gasteiger partial charge in [0.1, 0.15) is 0 Å². The second-order valence-electron chi connectivity index (χ2n) is 3.62. The van der Waals surface area contributed by atoms with Gasteiger partial charge in [0.15, 0.2) is 0 Å². The lowest BCUT2D eigenvalue weighted by atomic mass is 10.2. The van der Waals surface area contributed by atoms with Crippen molar-refractivity contribution in [2.75, 3.05) is 0 Å². The predicted molar refractivity (Wildman–Crippen MR) is 60.4 cm³/mol. The smallest absolute Gasteiger partial charge is 0.258 e. The summed E-state index contributed by atoms with van der Waals surface area (Å²) in [5.41, 5.74) is 0.968. The third-order valence-electron chi connectivity index (χ3n) is 2.09. The maximum absolute atomic E-state index is 10.6. The number of thiazole rings is 1. The van der Waals surface area contributed by atoms with Crippen molar-refractivity contribution >= 4 is 27.2 Å². The molecule has 0 saturated heterocycles. The number of fused-ring (bicyclic) bond motifs is 1. The van der Waals surface area contributed by atoms with Crippen LogP contribution >= 0.6 is 11.3 Å². The number of nitro groups is 1. The molecule has 0 unspecified atom stereocenters. The topological polar surface area (TPSA) is 56.0 Å². The van der Waals surface area contributed by atoms with Crippen molar-refractivity contribution in [1.29, 1.82) is 0 Å². The maximum atomic E-state index is 10.6. The Balaban J connectivity index is 2.57. The third kappa shape index (κ3) is 1.83. The van der Waals surface area contributed by atoms with Crippen molar-refractivity contribution in [3.05, 3.63) is 33.3 Å². The average molecular weight is 222 g/mol. The van der Waals surface area contributed by atoms with Crippen molar-refractivity contribution in [1.82, 2.24) is 4.98 Å². The molecule has 0 aliphatic heterocycles. The summed E-state index contributed by atoms with van der Waals surface area (Å²) >= 11 is 1.52. The predicted octanol–water partition coefficient (Wildman–Crippen LogP) is 3.33. The van der Waals surface area contributed by atoms with E-state index < -0.39 is 0 Å². The Morgan fingerprint density at radius 3 is 2.80 bits per heavy atom. The van der Waals surface area contributed by atoms with Crippen LogP contribution in [0.1, 0.15) is 24.8 Å². The molecule has 0 aliphatic carbocycles. The molecule has 4 nitrogen and oxygen atoms in total. The summed E-state index contributed by atoms with van der Waals surface area (Å²) in [6.07, 6.45) is 0. The normalized spacial score (nSPS) is 11.1. The van der Waals surface area contributed by atoms with Gasteiger partial charge in [-0.05, 0) is 6.07 Å². The van der Waals surface area contributed by atoms with Crippen LogP contribution in [0.5, 0.6) is 0 Å². The van der Waals surface area contributed by atoms with E-state index in [4.69, 9.17) is 0 Å². The van der Waals surface area contributed by atoms with Gasteiger partial charge in [-0.3, -0.25) is 10.1 Å². The zero-order valence-electron chi connectivity index (χ0n) is 8.43. The van der Waals surface area contributed by atoms with Crippen molar-refractivity contribution in [3.8, 4) is 0 Å². The molecule has 0 atom stereocenters. The minimum absolute atomic E-state index is 0.126. The lowest BCUT2D eigenvalue weighted by molar-refractivity contribution is -0.384. The molecule has 0 amide bonds. The third-order valence-corrected chi connectivity index (χ3v) is 3.41. The molecule has 1 aromatic heterocycles. The van der Waals surface area contributed by atoms with E-state index in [2.05, 4.69) is 18.8 Å². The summed E-state index contributed by atoms with van der Waals surface area (Å²) in [6.45, 7) is 4.12. The number of non-ortho nitro benzene ring substituents is 1. The first-order valence-electron chi connectivity index (χ1n) is 4.63. The van der Waals surface area contributed by atoms with Gasteiger partial charge in [0.2, 0.25) is 0 Å². The zero-order valence-corrected chi connectivity index (χ0v) is 9.25. The molecule has 15 heavy (non-hydrogen) atoms. The van der Waals surface area contributed by atoms with Gasteiger partial charge in [0.05, 0.1) is 20.1 Å². The first-order chi connectivity index (χ1) is 7.08. The summed E-state index contributed by atoms with van der Waals surface area (Å²) < 4.78 is 0.882. The Morgan fingerprint density at radius 2 is 2.20 bits per heavy atom. The molecule has 2 rings (SSSR count). The SMILES string of the molecule is CC(C)c1nc2ccc([N+](=O)[O-])cc2s1. The van der Waals surface area contributed by atoms with E-state index in [-0.39, 0.29) is 10.6 Å². The van der Waals surface area contributed by atoms with E-state index in [1.807, 2.05) is 0 Å². The highest BCUT2D eigenvalue weighted by atomic mass is 32.1. The van der Waals surface area contributed by atoms with Crippen LogP contribution in [0.25, 0.3) is 10.2 Å². The zero-order chi connectivity index (χ0) is 11.0.